The predicted octanol–water partition coefficient (Wildman–Crippen LogP) is 34.7. The van der Waals surface area contributed by atoms with Crippen molar-refractivity contribution in [1.29, 1.82) is 0 Å². The van der Waals surface area contributed by atoms with Crippen LogP contribution in [-0.4, -0.2) is 156 Å². The second-order valence-corrected chi connectivity index (χ2v) is 49.5. The summed E-state index contributed by atoms with van der Waals surface area (Å²) in [6, 6.07) is 73.3. The van der Waals surface area contributed by atoms with Gasteiger partial charge in [-0.3, -0.25) is 39.2 Å². The fourth-order valence-corrected chi connectivity index (χ4v) is 23.8. The second kappa shape index (κ2) is 54.5. The molecule has 144 heavy (non-hydrogen) atoms. The van der Waals surface area contributed by atoms with Crippen LogP contribution in [0.1, 0.15) is 444 Å². The molecule has 788 valence electrons. The van der Waals surface area contributed by atoms with E-state index in [2.05, 4.69) is 459 Å². The molecule has 16 rings (SSSR count). The normalized spacial score (nSPS) is 21.2. The molecule has 0 aliphatic carbocycles. The number of hydrogen-bond acceptors (Lipinski definition) is 11. The molecule has 8 saturated heterocycles. The van der Waals surface area contributed by atoms with Crippen LogP contribution in [0, 0.1) is 12.3 Å². The van der Waals surface area contributed by atoms with Crippen LogP contribution in [-0.2, 0) is 0 Å². The third-order valence-corrected chi connectivity index (χ3v) is 30.2. The molecule has 0 N–H and O–H groups in total. The van der Waals surface area contributed by atoms with E-state index in [-0.39, 0.29) is 44.3 Å². The minimum atomic E-state index is 0.211. The number of nitrogens with zero attached hydrogens (tertiary/aromatic N) is 8. The van der Waals surface area contributed by atoms with Crippen LogP contribution in [0.4, 0.5) is 0 Å². The van der Waals surface area contributed by atoms with Gasteiger partial charge in [-0.2, -0.15) is 0 Å². The van der Waals surface area contributed by atoms with E-state index in [0.29, 0.717) is 48.3 Å². The molecule has 8 atom stereocenters. The summed E-state index contributed by atoms with van der Waals surface area (Å²) in [4.78, 5) is 20.9. The average molecular weight is 1960 g/mol. The summed E-state index contributed by atoms with van der Waals surface area (Å²) in [7, 11) is 1.76. The molecule has 0 bridgehead atoms. The molecule has 0 radical (unpaired) electrons. The van der Waals surface area contributed by atoms with Gasteiger partial charge in [-0.05, 0) is 436 Å². The highest BCUT2D eigenvalue weighted by Gasteiger charge is 2.43. The zero-order chi connectivity index (χ0) is 106. The quantitative estimate of drug-likeness (QED) is 0.0728. The van der Waals surface area contributed by atoms with Crippen LogP contribution in [0.2, 0.25) is 0 Å². The smallest absolute Gasteiger partial charge is 0.124 e. The molecule has 11 nitrogen and oxygen atoms in total. The number of likely N-dealkylation sites (tertiary alicyclic amines) is 8. The zero-order valence-corrected chi connectivity index (χ0v) is 96.5. The molecular weight excluding hydrogens is 1760 g/mol. The van der Waals surface area contributed by atoms with Crippen LogP contribution in [0.5, 0.6) is 17.2 Å². The van der Waals surface area contributed by atoms with Crippen molar-refractivity contribution in [1.82, 2.24) is 39.2 Å². The molecule has 0 amide bonds. The predicted molar refractivity (Wildman–Crippen MR) is 624 cm³/mol. The highest BCUT2D eigenvalue weighted by atomic mass is 16.5. The van der Waals surface area contributed by atoms with Crippen LogP contribution in [0.15, 0.2) is 219 Å². The van der Waals surface area contributed by atoms with E-state index < -0.39 is 0 Å². The van der Waals surface area contributed by atoms with Crippen LogP contribution in [0.3, 0.4) is 0 Å². The lowest BCUT2D eigenvalue weighted by Gasteiger charge is -2.38. The van der Waals surface area contributed by atoms with E-state index in [4.69, 9.17) is 20.6 Å². The Balaban J connectivity index is 0.000000183. The van der Waals surface area contributed by atoms with Gasteiger partial charge in [0.05, 0.1) is 20.3 Å². The van der Waals surface area contributed by atoms with Crippen molar-refractivity contribution in [3.8, 4) is 29.6 Å². The maximum atomic E-state index is 5.93. The summed E-state index contributed by atoms with van der Waals surface area (Å²) in [5.41, 5.74) is 22.1. The highest BCUT2D eigenvalue weighted by molar-refractivity contribution is 5.65. The zero-order valence-electron chi connectivity index (χ0n) is 96.5. The maximum absolute atomic E-state index is 5.93. The second-order valence-electron chi connectivity index (χ2n) is 49.5. The summed E-state index contributed by atoms with van der Waals surface area (Å²) < 4.78 is 17.2. The van der Waals surface area contributed by atoms with Gasteiger partial charge in [0, 0.05) is 115 Å². The molecule has 0 aromatic heterocycles. The van der Waals surface area contributed by atoms with Gasteiger partial charge in [0.1, 0.15) is 17.2 Å². The number of benzene rings is 8. The Morgan fingerprint density at radius 2 is 0.583 bits per heavy atom. The summed E-state index contributed by atoms with van der Waals surface area (Å²) in [5, 5.41) is 0. The van der Waals surface area contributed by atoms with Crippen LogP contribution in [0.25, 0.3) is 23.8 Å². The first kappa shape index (κ1) is 119. The van der Waals surface area contributed by atoms with Crippen molar-refractivity contribution < 1.29 is 14.2 Å². The summed E-state index contributed by atoms with van der Waals surface area (Å²) in [6.07, 6.45) is 37.0. The van der Waals surface area contributed by atoms with E-state index in [9.17, 15) is 0 Å². The summed E-state index contributed by atoms with van der Waals surface area (Å²) in [5.74, 6) is 5.97. The Hall–Kier alpha value is -8.64. The monoisotopic (exact) mass is 1960 g/mol. The largest absolute Gasteiger partial charge is 0.496 e. The minimum Gasteiger partial charge on any atom is -0.496 e. The van der Waals surface area contributed by atoms with Crippen molar-refractivity contribution in [2.75, 3.05) is 72.7 Å². The SMILES string of the molecule is C#Cc1ccccc1C1CCCN1C(C)(C)C.C=C(C)c1ccccc1C1CCCN1C(C)(C)C.C=Cc1ccccc1C1CCCN1C(C)(C)C.CC(C)=Cc1ccccc1C1CCCN1C(C)(C)C.CC/C=C/c1ccccc1C1CCCN1C(C)(C)C.CCCOc1ccccc1C1CCCN1C(C)(C)C.CCOc1ccccc1C1CCCN1C(C)(C)C.COc1ccccc1C1CCCN1C(C)(C)C. The first-order valence-corrected chi connectivity index (χ1v) is 55.7. The molecular formula is C133H198N8O3. The molecule has 0 saturated carbocycles. The Labute approximate surface area is 881 Å². The molecule has 8 aliphatic rings. The number of para-hydroxylation sites is 3. The Bertz CT molecular complexity index is 5330. The molecule has 11 heteroatoms. The number of rotatable bonds is 19. The fourth-order valence-electron chi connectivity index (χ4n) is 23.8. The molecule has 8 fully saturated rings. The average Bonchev–Trinajstić information content (AvgIpc) is 1.66. The number of terminal acetylenes is 1. The van der Waals surface area contributed by atoms with E-state index >= 15 is 0 Å². The fraction of sp³-hybridized carbons (Fsp3) is 0.564. The van der Waals surface area contributed by atoms with E-state index in [1.165, 1.54) is 233 Å². The molecule has 8 heterocycles. The van der Waals surface area contributed by atoms with Crippen LogP contribution >= 0.6 is 0 Å². The van der Waals surface area contributed by atoms with Crippen molar-refractivity contribution in [2.24, 2.45) is 0 Å². The van der Waals surface area contributed by atoms with Crippen molar-refractivity contribution >= 4 is 23.8 Å². The first-order valence-electron chi connectivity index (χ1n) is 55.7. The Morgan fingerprint density at radius 3 is 0.896 bits per heavy atom. The molecule has 8 aromatic rings. The molecule has 8 aromatic carbocycles. The number of allylic oxidation sites excluding steroid dienone is 3. The molecule has 0 spiro atoms. The highest BCUT2D eigenvalue weighted by Crippen LogP contribution is 2.49. The Kier molecular flexibility index (Phi) is 45.0. The Morgan fingerprint density at radius 1 is 0.326 bits per heavy atom. The van der Waals surface area contributed by atoms with Crippen molar-refractivity contribution in [3.63, 3.8) is 0 Å². The van der Waals surface area contributed by atoms with Crippen molar-refractivity contribution in [3.05, 3.63) is 291 Å². The number of hydrogen-bond donors (Lipinski definition) is 0. The molecule has 8 unspecified atom stereocenters. The van der Waals surface area contributed by atoms with E-state index in [1.54, 1.807) is 7.11 Å². The van der Waals surface area contributed by atoms with E-state index in [0.717, 1.165) is 48.9 Å². The lowest BCUT2D eigenvalue weighted by atomic mass is 9.93. The maximum Gasteiger partial charge on any atom is 0.124 e. The van der Waals surface area contributed by atoms with Crippen LogP contribution < -0.4 is 14.2 Å². The summed E-state index contributed by atoms with van der Waals surface area (Å²) >= 11 is 0. The van der Waals surface area contributed by atoms with E-state index in [1.807, 2.05) is 25.1 Å². The van der Waals surface area contributed by atoms with Gasteiger partial charge in [-0.25, -0.2) is 0 Å². The number of ether oxygens (including phenoxy) is 3. The van der Waals surface area contributed by atoms with Gasteiger partial charge in [-0.1, -0.05) is 238 Å². The number of methoxy groups -OCH3 is 1. The van der Waals surface area contributed by atoms with Gasteiger partial charge in [0.25, 0.3) is 0 Å². The molecule has 8 aliphatic heterocycles. The topological polar surface area (TPSA) is 53.6 Å². The first-order chi connectivity index (χ1) is 68.0. The third kappa shape index (κ3) is 33.4. The van der Waals surface area contributed by atoms with Gasteiger partial charge < -0.3 is 14.2 Å². The minimum absolute atomic E-state index is 0.211. The van der Waals surface area contributed by atoms with Gasteiger partial charge in [0.15, 0.2) is 0 Å². The third-order valence-electron chi connectivity index (χ3n) is 30.2. The standard InChI is InChI=1S/2C18H27N.C17H27NO.C17H25N.C16H25NO.C16H23N.C16H21N.C15H23NO/c1-14(2)13-15-9-6-7-10-16(15)17-11-8-12-19(17)18(3,4)5;1-5-6-10-15-11-7-8-12-16(15)17-13-9-14-19(17)18(2,3)4;1-5-13-19-16-11-7-6-9-14(16)15-10-8-12-18(15)17(2,3)4;1-13(2)14-9-6-7-10-15(14)16-11-8-12-18(16)17(3,4)5;1-5-18-15-11-7-6-9-13(15)14-10-8-12-17(14)16(2,3)4;2*1-5-13-9-6-7-10-14(13)15-11-8-12-17(15)16(2,3)4;1-15(2,3)16-11-7-9-13(16)12-8-5-6-10-14(12)17-4/h6-7,9-10,13,17H,8,11-12H2,1-5H3;6-8,10-12,17H,5,9,13-14H2,1-4H3;6-7,9,11,15H,5,8,10,12-13H2,1-4H3;6-7,9-10,16H,1,8,11-12H2,2-5H3;6-7,9,11,14H,5,8,10,12H2,1-4H3;5-7,9-10,15H,1,8,11-12H2,2-4H3;1,6-7,9-10,15H,8,11-12H2,2-4H3;5-6,8,10,13H,7,9,11H2,1-4H3/b;10-6+;;;;;;. The van der Waals surface area contributed by atoms with Gasteiger partial charge >= 0.3 is 0 Å². The lowest BCUT2D eigenvalue weighted by Crippen LogP contribution is -2.40. The summed E-state index contributed by atoms with van der Waals surface area (Å²) in [6.45, 7) is 87.4. The lowest BCUT2D eigenvalue weighted by molar-refractivity contribution is 0.119. The van der Waals surface area contributed by atoms with Gasteiger partial charge in [0.2, 0.25) is 0 Å². The van der Waals surface area contributed by atoms with Gasteiger partial charge in [-0.15, -0.1) is 6.42 Å². The van der Waals surface area contributed by atoms with Crippen molar-refractivity contribution in [2.45, 2.75) is 416 Å².